The summed E-state index contributed by atoms with van der Waals surface area (Å²) in [6, 6.07) is 19.6. The molecule has 0 saturated carbocycles. The van der Waals surface area contributed by atoms with Crippen LogP contribution in [0.1, 0.15) is 30.0 Å². The number of hydrogen-bond acceptors (Lipinski definition) is 5. The zero-order valence-corrected chi connectivity index (χ0v) is 18.5. The molecule has 0 aromatic heterocycles. The van der Waals surface area contributed by atoms with E-state index in [4.69, 9.17) is 5.26 Å². The molecule has 1 heterocycles. The Morgan fingerprint density at radius 2 is 1.60 bits per heavy atom. The molecule has 1 aliphatic rings. The van der Waals surface area contributed by atoms with Gasteiger partial charge in [-0.2, -0.15) is 5.26 Å². The van der Waals surface area contributed by atoms with Crippen LogP contribution in [0.4, 0.5) is 5.69 Å². The Labute approximate surface area is 181 Å². The fourth-order valence-electron chi connectivity index (χ4n) is 3.95. The minimum Gasteiger partial charge on any atom is -0.374 e. The van der Waals surface area contributed by atoms with Gasteiger partial charge in [0.05, 0.1) is 12.5 Å². The lowest BCUT2D eigenvalue weighted by Gasteiger charge is -2.34. The van der Waals surface area contributed by atoms with Crippen LogP contribution in [0.3, 0.4) is 0 Å². The molecule has 0 spiro atoms. The summed E-state index contributed by atoms with van der Waals surface area (Å²) in [7, 11) is 2.03. The van der Waals surface area contributed by atoms with Crippen LogP contribution in [0, 0.1) is 11.3 Å². The number of hydrogen-bond donors (Lipinski definition) is 1. The molecule has 2 aromatic carbocycles. The molecule has 3 rings (SSSR count). The third-order valence-electron chi connectivity index (χ3n) is 6.01. The zero-order valence-electron chi connectivity index (χ0n) is 18.5. The SMILES string of the molecule is CCN1CCN(Cc2ccccc2CNCc2ccc(N(C)CCC#N)cc2)CC1. The first kappa shape index (κ1) is 22.3. The van der Waals surface area contributed by atoms with Crippen molar-refractivity contribution in [3.63, 3.8) is 0 Å². The Morgan fingerprint density at radius 3 is 2.27 bits per heavy atom. The van der Waals surface area contributed by atoms with Gasteiger partial charge in [0.2, 0.25) is 0 Å². The Balaban J connectivity index is 1.49. The lowest BCUT2D eigenvalue weighted by molar-refractivity contribution is 0.131. The highest BCUT2D eigenvalue weighted by molar-refractivity contribution is 5.46. The van der Waals surface area contributed by atoms with Crippen molar-refractivity contribution in [1.29, 1.82) is 5.26 Å². The molecule has 30 heavy (non-hydrogen) atoms. The number of nitrogens with one attached hydrogen (secondary N) is 1. The first-order valence-electron chi connectivity index (χ1n) is 11.1. The normalized spacial score (nSPS) is 15.1. The van der Waals surface area contributed by atoms with Gasteiger partial charge in [0, 0.05) is 65.1 Å². The summed E-state index contributed by atoms with van der Waals surface area (Å²) in [5, 5.41) is 12.4. The fraction of sp³-hybridized carbons (Fsp3) is 0.480. The van der Waals surface area contributed by atoms with Crippen LogP contribution in [0.15, 0.2) is 48.5 Å². The van der Waals surface area contributed by atoms with E-state index in [9.17, 15) is 0 Å². The molecule has 0 aliphatic carbocycles. The topological polar surface area (TPSA) is 45.5 Å². The molecular formula is C25H35N5. The van der Waals surface area contributed by atoms with E-state index in [1.54, 1.807) is 0 Å². The zero-order chi connectivity index (χ0) is 21.2. The standard InChI is InChI=1S/C25H35N5/c1-3-29-15-17-30(18-16-29)21-24-8-5-4-7-23(24)20-27-19-22-9-11-25(12-10-22)28(2)14-6-13-26/h4-5,7-12,27H,3,6,14-21H2,1-2H3. The number of piperazine rings is 1. The fourth-order valence-corrected chi connectivity index (χ4v) is 3.95. The van der Waals surface area contributed by atoms with Gasteiger partial charge in [-0.1, -0.05) is 43.3 Å². The van der Waals surface area contributed by atoms with Crippen LogP contribution in [-0.4, -0.2) is 56.1 Å². The maximum atomic E-state index is 8.74. The Morgan fingerprint density at radius 1 is 0.933 bits per heavy atom. The summed E-state index contributed by atoms with van der Waals surface area (Å²) in [6.45, 7) is 11.6. The number of anilines is 1. The quantitative estimate of drug-likeness (QED) is 0.656. The molecule has 1 aliphatic heterocycles. The van der Waals surface area contributed by atoms with Gasteiger partial charge in [-0.05, 0) is 35.4 Å². The molecule has 1 fully saturated rings. The third kappa shape index (κ3) is 6.56. The summed E-state index contributed by atoms with van der Waals surface area (Å²) in [6.07, 6.45) is 0.549. The molecule has 0 atom stereocenters. The molecule has 1 saturated heterocycles. The molecule has 160 valence electrons. The van der Waals surface area contributed by atoms with E-state index < -0.39 is 0 Å². The van der Waals surface area contributed by atoms with Crippen LogP contribution in [-0.2, 0) is 19.6 Å². The molecule has 0 radical (unpaired) electrons. The molecule has 1 N–H and O–H groups in total. The summed E-state index contributed by atoms with van der Waals surface area (Å²) in [4.78, 5) is 7.22. The third-order valence-corrected chi connectivity index (χ3v) is 6.01. The van der Waals surface area contributed by atoms with Crippen LogP contribution in [0.2, 0.25) is 0 Å². The molecular weight excluding hydrogens is 370 g/mol. The van der Waals surface area contributed by atoms with Gasteiger partial charge in [0.25, 0.3) is 0 Å². The van der Waals surface area contributed by atoms with Gasteiger partial charge in [0.1, 0.15) is 0 Å². The highest BCUT2D eigenvalue weighted by Crippen LogP contribution is 2.16. The lowest BCUT2D eigenvalue weighted by atomic mass is 10.1. The Bertz CT molecular complexity index is 803. The average Bonchev–Trinajstić information content (AvgIpc) is 2.79. The molecule has 2 aromatic rings. The van der Waals surface area contributed by atoms with E-state index in [0.29, 0.717) is 6.42 Å². The van der Waals surface area contributed by atoms with E-state index in [1.165, 1.54) is 29.8 Å². The Kier molecular flexibility index (Phi) is 8.70. The first-order valence-corrected chi connectivity index (χ1v) is 11.1. The molecule has 5 nitrogen and oxygen atoms in total. The predicted molar refractivity (Wildman–Crippen MR) is 124 cm³/mol. The van der Waals surface area contributed by atoms with Gasteiger partial charge < -0.3 is 15.1 Å². The van der Waals surface area contributed by atoms with Crippen LogP contribution in [0.5, 0.6) is 0 Å². The maximum Gasteiger partial charge on any atom is 0.0640 e. The summed E-state index contributed by atoms with van der Waals surface area (Å²) in [5.41, 5.74) is 5.26. The second-order valence-corrected chi connectivity index (χ2v) is 8.08. The molecule has 5 heteroatoms. The van der Waals surface area contributed by atoms with Crippen molar-refractivity contribution < 1.29 is 0 Å². The first-order chi connectivity index (χ1) is 14.7. The summed E-state index contributed by atoms with van der Waals surface area (Å²) in [5.74, 6) is 0. The number of rotatable bonds is 10. The number of nitrogens with zero attached hydrogens (tertiary/aromatic N) is 4. The molecule has 0 amide bonds. The van der Waals surface area contributed by atoms with Gasteiger partial charge >= 0.3 is 0 Å². The van der Waals surface area contributed by atoms with E-state index in [-0.39, 0.29) is 0 Å². The average molecular weight is 406 g/mol. The highest BCUT2D eigenvalue weighted by atomic mass is 15.3. The largest absolute Gasteiger partial charge is 0.374 e. The second kappa shape index (κ2) is 11.7. The van der Waals surface area contributed by atoms with Gasteiger partial charge in [-0.3, -0.25) is 4.90 Å². The van der Waals surface area contributed by atoms with Gasteiger partial charge in [-0.25, -0.2) is 0 Å². The summed E-state index contributed by atoms with van der Waals surface area (Å²) >= 11 is 0. The van der Waals surface area contributed by atoms with Crippen LogP contribution < -0.4 is 10.2 Å². The minimum atomic E-state index is 0.549. The van der Waals surface area contributed by atoms with Crippen molar-refractivity contribution in [2.45, 2.75) is 33.0 Å². The maximum absolute atomic E-state index is 8.74. The highest BCUT2D eigenvalue weighted by Gasteiger charge is 2.16. The van der Waals surface area contributed by atoms with E-state index in [0.717, 1.165) is 51.5 Å². The molecule has 0 bridgehead atoms. The van der Waals surface area contributed by atoms with Gasteiger partial charge in [-0.15, -0.1) is 0 Å². The van der Waals surface area contributed by atoms with E-state index >= 15 is 0 Å². The van der Waals surface area contributed by atoms with Crippen LogP contribution >= 0.6 is 0 Å². The Hall–Kier alpha value is -2.39. The number of nitriles is 1. The summed E-state index contributed by atoms with van der Waals surface area (Å²) < 4.78 is 0. The van der Waals surface area contributed by atoms with Crippen molar-refractivity contribution in [3.8, 4) is 6.07 Å². The van der Waals surface area contributed by atoms with E-state index in [1.807, 2.05) is 7.05 Å². The van der Waals surface area contributed by atoms with Crippen molar-refractivity contribution in [3.05, 3.63) is 65.2 Å². The smallest absolute Gasteiger partial charge is 0.0640 e. The van der Waals surface area contributed by atoms with E-state index in [2.05, 4.69) is 81.5 Å². The molecule has 0 unspecified atom stereocenters. The van der Waals surface area contributed by atoms with Crippen LogP contribution in [0.25, 0.3) is 0 Å². The number of benzene rings is 2. The lowest BCUT2D eigenvalue weighted by Crippen LogP contribution is -2.45. The van der Waals surface area contributed by atoms with Gasteiger partial charge in [0.15, 0.2) is 0 Å². The number of likely N-dealkylation sites (N-methyl/N-ethyl adjacent to an activating group) is 1. The van der Waals surface area contributed by atoms with Crippen molar-refractivity contribution in [2.24, 2.45) is 0 Å². The van der Waals surface area contributed by atoms with Crippen molar-refractivity contribution >= 4 is 5.69 Å². The second-order valence-electron chi connectivity index (χ2n) is 8.08. The van der Waals surface area contributed by atoms with Crippen molar-refractivity contribution in [1.82, 2.24) is 15.1 Å². The minimum absolute atomic E-state index is 0.549. The predicted octanol–water partition coefficient (Wildman–Crippen LogP) is 3.46. The monoisotopic (exact) mass is 405 g/mol. The van der Waals surface area contributed by atoms with Crippen molar-refractivity contribution in [2.75, 3.05) is 51.2 Å².